The largest absolute Gasteiger partial charge is 0.114 e. The van der Waals surface area contributed by atoms with Gasteiger partial charge in [0.1, 0.15) is 0 Å². The fraction of sp³-hybridized carbons (Fsp3) is 0.556. The molecule has 0 saturated carbocycles. The van der Waals surface area contributed by atoms with Crippen molar-refractivity contribution < 1.29 is 0 Å². The minimum absolute atomic E-state index is 0.0752. The van der Waals surface area contributed by atoms with Crippen LogP contribution in [0.2, 0.25) is 13.1 Å². The van der Waals surface area contributed by atoms with Gasteiger partial charge in [0.15, 0.2) is 0 Å². The van der Waals surface area contributed by atoms with Crippen molar-refractivity contribution in [2.24, 2.45) is 0 Å². The molecule has 2 heteroatoms. The molecule has 0 spiro atoms. The van der Waals surface area contributed by atoms with Crippen LogP contribution in [0.15, 0.2) is 23.3 Å². The van der Waals surface area contributed by atoms with E-state index in [0.717, 1.165) is 0 Å². The Balaban J connectivity index is 2.96. The molecule has 0 bridgehead atoms. The smallest absolute Gasteiger partial charge is 0.0689 e. The minimum Gasteiger partial charge on any atom is -0.114 e. The number of rotatable bonds is 1. The summed E-state index contributed by atoms with van der Waals surface area (Å²) in [5.74, 6) is 0. The quantitative estimate of drug-likeness (QED) is 0.437. The van der Waals surface area contributed by atoms with Crippen LogP contribution in [0.4, 0.5) is 0 Å². The van der Waals surface area contributed by atoms with Crippen LogP contribution >= 0.6 is 11.6 Å². The van der Waals surface area contributed by atoms with E-state index in [0.29, 0.717) is 0 Å². The van der Waals surface area contributed by atoms with Crippen LogP contribution in [0.3, 0.4) is 0 Å². The first kappa shape index (κ1) is 9.08. The second kappa shape index (κ2) is 2.80. The van der Waals surface area contributed by atoms with Crippen LogP contribution in [-0.2, 0) is 0 Å². The Morgan fingerprint density at radius 2 is 1.55 bits per heavy atom. The van der Waals surface area contributed by atoms with Gasteiger partial charge in [-0.25, -0.2) is 0 Å². The zero-order valence-corrected chi connectivity index (χ0v) is 9.52. The van der Waals surface area contributed by atoms with Gasteiger partial charge in [0, 0.05) is 0 Å². The molecule has 0 aromatic heterocycles. The fourth-order valence-electron chi connectivity index (χ4n) is 1.27. The molecular weight excluding hydrogens is 172 g/mol. The number of allylic oxidation sites excluding steroid dienone is 4. The molecule has 0 N–H and O–H groups in total. The lowest BCUT2D eigenvalue weighted by Gasteiger charge is -2.19. The number of halogens is 1. The molecule has 0 nitrogen and oxygen atoms in total. The number of hydrogen-bond acceptors (Lipinski definition) is 0. The van der Waals surface area contributed by atoms with Gasteiger partial charge in [-0.1, -0.05) is 36.4 Å². The molecule has 0 radical (unpaired) electrons. The van der Waals surface area contributed by atoms with E-state index in [9.17, 15) is 0 Å². The molecule has 62 valence electrons. The van der Waals surface area contributed by atoms with Gasteiger partial charge in [0.2, 0.25) is 0 Å². The van der Waals surface area contributed by atoms with Crippen LogP contribution in [-0.4, -0.2) is 13.3 Å². The highest BCUT2D eigenvalue weighted by atomic mass is 35.5. The molecular formula is C9H15ClSi. The third-order valence-electron chi connectivity index (χ3n) is 2.38. The Labute approximate surface area is 75.6 Å². The van der Waals surface area contributed by atoms with Gasteiger partial charge in [-0.3, -0.25) is 0 Å². The highest BCUT2D eigenvalue weighted by molar-refractivity contribution is 6.72. The third-order valence-corrected chi connectivity index (χ3v) is 6.01. The van der Waals surface area contributed by atoms with Crippen molar-refractivity contribution in [1.82, 2.24) is 0 Å². The molecule has 0 fully saturated rings. The van der Waals surface area contributed by atoms with E-state index in [2.05, 4.69) is 39.1 Å². The molecule has 0 saturated heterocycles. The van der Waals surface area contributed by atoms with E-state index < -0.39 is 8.80 Å². The first-order valence-corrected chi connectivity index (χ1v) is 7.30. The molecule has 1 rings (SSSR count). The SMILES string of the molecule is CC1=CC(Cl)([SiH](C)C)C=C1C. The summed E-state index contributed by atoms with van der Waals surface area (Å²) in [6.45, 7) is 8.83. The normalized spacial score (nSPS) is 22.0. The molecule has 1 aliphatic carbocycles. The third kappa shape index (κ3) is 1.59. The average molecular weight is 187 g/mol. The summed E-state index contributed by atoms with van der Waals surface area (Å²) < 4.78 is -0.0752. The van der Waals surface area contributed by atoms with Crippen LogP contribution in [0.1, 0.15) is 13.8 Å². The van der Waals surface area contributed by atoms with Crippen molar-refractivity contribution in [3.63, 3.8) is 0 Å². The van der Waals surface area contributed by atoms with Gasteiger partial charge in [-0.2, -0.15) is 0 Å². The maximum absolute atomic E-state index is 6.40. The van der Waals surface area contributed by atoms with Crippen LogP contribution in [0.25, 0.3) is 0 Å². The molecule has 0 aromatic carbocycles. The summed E-state index contributed by atoms with van der Waals surface area (Å²) in [6, 6.07) is 0. The van der Waals surface area contributed by atoms with Crippen LogP contribution in [0.5, 0.6) is 0 Å². The molecule has 0 heterocycles. The fourth-order valence-corrected chi connectivity index (χ4v) is 2.76. The first-order chi connectivity index (χ1) is 4.96. The summed E-state index contributed by atoms with van der Waals surface area (Å²) in [5.41, 5.74) is 2.70. The molecule has 11 heavy (non-hydrogen) atoms. The Morgan fingerprint density at radius 1 is 1.18 bits per heavy atom. The topological polar surface area (TPSA) is 0 Å². The first-order valence-electron chi connectivity index (χ1n) is 4.04. The molecule has 0 unspecified atom stereocenters. The molecule has 0 atom stereocenters. The Hall–Kier alpha value is -0.0131. The van der Waals surface area contributed by atoms with Crippen molar-refractivity contribution in [2.45, 2.75) is 31.4 Å². The molecule has 0 aromatic rings. The lowest BCUT2D eigenvalue weighted by molar-refractivity contribution is 1.24. The van der Waals surface area contributed by atoms with Crippen LogP contribution in [0, 0.1) is 0 Å². The summed E-state index contributed by atoms with van der Waals surface area (Å²) in [7, 11) is -0.802. The summed E-state index contributed by atoms with van der Waals surface area (Å²) in [4.78, 5) is 0. The van der Waals surface area contributed by atoms with E-state index in [4.69, 9.17) is 11.6 Å². The standard InChI is InChI=1S/C9H15ClSi/c1-7-5-9(10,11(3)4)6-8(7)2/h5-6,11H,1-4H3. The zero-order chi connectivity index (χ0) is 8.65. The molecule has 1 aliphatic rings. The van der Waals surface area contributed by atoms with Crippen molar-refractivity contribution in [3.05, 3.63) is 23.3 Å². The lowest BCUT2D eigenvalue weighted by atomic mass is 10.2. The zero-order valence-electron chi connectivity index (χ0n) is 7.61. The second-order valence-corrected chi connectivity index (χ2v) is 7.92. The highest BCUT2D eigenvalue weighted by Gasteiger charge is 2.31. The number of alkyl halides is 1. The van der Waals surface area contributed by atoms with Gasteiger partial charge < -0.3 is 0 Å². The number of hydrogen-bond donors (Lipinski definition) is 0. The predicted octanol–water partition coefficient (Wildman–Crippen LogP) is 2.90. The van der Waals surface area contributed by atoms with Crippen molar-refractivity contribution in [2.75, 3.05) is 0 Å². The predicted molar refractivity (Wildman–Crippen MR) is 55.0 cm³/mol. The van der Waals surface area contributed by atoms with Gasteiger partial charge in [0.25, 0.3) is 0 Å². The Kier molecular flexibility index (Phi) is 2.31. The highest BCUT2D eigenvalue weighted by Crippen LogP contribution is 2.33. The van der Waals surface area contributed by atoms with E-state index in [1.54, 1.807) is 0 Å². The average Bonchev–Trinajstić information content (AvgIpc) is 2.09. The summed E-state index contributed by atoms with van der Waals surface area (Å²) >= 11 is 6.40. The van der Waals surface area contributed by atoms with Crippen molar-refractivity contribution in [3.8, 4) is 0 Å². The van der Waals surface area contributed by atoms with Gasteiger partial charge in [-0.15, -0.1) is 11.6 Å². The molecule has 0 amide bonds. The maximum Gasteiger partial charge on any atom is 0.0689 e. The monoisotopic (exact) mass is 186 g/mol. The Bertz CT molecular complexity index is 208. The molecule has 0 aliphatic heterocycles. The van der Waals surface area contributed by atoms with Crippen LogP contribution < -0.4 is 0 Å². The minimum atomic E-state index is -0.802. The Morgan fingerprint density at radius 3 is 1.73 bits per heavy atom. The summed E-state index contributed by atoms with van der Waals surface area (Å²) in [5, 5.41) is 0. The van der Waals surface area contributed by atoms with Gasteiger partial charge in [-0.05, 0) is 13.8 Å². The van der Waals surface area contributed by atoms with Gasteiger partial charge in [0.05, 0.1) is 13.3 Å². The van der Waals surface area contributed by atoms with E-state index in [1.807, 2.05) is 0 Å². The van der Waals surface area contributed by atoms with Crippen molar-refractivity contribution in [1.29, 1.82) is 0 Å². The van der Waals surface area contributed by atoms with E-state index in [-0.39, 0.29) is 4.50 Å². The lowest BCUT2D eigenvalue weighted by Crippen LogP contribution is -2.30. The van der Waals surface area contributed by atoms with Gasteiger partial charge >= 0.3 is 0 Å². The van der Waals surface area contributed by atoms with E-state index >= 15 is 0 Å². The second-order valence-electron chi connectivity index (χ2n) is 3.64. The summed E-state index contributed by atoms with van der Waals surface area (Å²) in [6.07, 6.45) is 4.42. The van der Waals surface area contributed by atoms with E-state index in [1.165, 1.54) is 11.1 Å². The maximum atomic E-state index is 6.40. The van der Waals surface area contributed by atoms with Crippen molar-refractivity contribution >= 4 is 20.4 Å².